The van der Waals surface area contributed by atoms with Gasteiger partial charge in [0.1, 0.15) is 0 Å². The number of benzene rings is 2. The van der Waals surface area contributed by atoms with E-state index in [2.05, 4.69) is 0 Å². The van der Waals surface area contributed by atoms with Crippen LogP contribution in [0.1, 0.15) is 24.0 Å². The zero-order chi connectivity index (χ0) is 15.2. The Hall–Kier alpha value is -1.69. The number of ether oxygens (including phenoxy) is 2. The molecule has 2 N–H and O–H groups in total. The molecule has 0 unspecified atom stereocenters. The molecule has 2 aliphatic heterocycles. The summed E-state index contributed by atoms with van der Waals surface area (Å²) in [5.74, 6) is -1.25. The van der Waals surface area contributed by atoms with E-state index in [4.69, 9.17) is 9.47 Å². The lowest BCUT2D eigenvalue weighted by Crippen LogP contribution is -2.36. The van der Waals surface area contributed by atoms with Crippen molar-refractivity contribution in [3.63, 3.8) is 0 Å². The van der Waals surface area contributed by atoms with Gasteiger partial charge in [-0.2, -0.15) is 0 Å². The Balaban J connectivity index is 1.99. The van der Waals surface area contributed by atoms with Crippen molar-refractivity contribution in [1.29, 1.82) is 0 Å². The van der Waals surface area contributed by atoms with Crippen LogP contribution in [0, 0.1) is 0 Å². The largest absolute Gasteiger partial charge is 0.504 e. The molecule has 0 aliphatic carbocycles. The maximum Gasteiger partial charge on any atom is 0.224 e. The smallest absolute Gasteiger partial charge is 0.224 e. The number of fused-ring (bicyclic) bond motifs is 4. The molecule has 22 heavy (non-hydrogen) atoms. The zero-order valence-electron chi connectivity index (χ0n) is 11.9. The van der Waals surface area contributed by atoms with E-state index < -0.39 is 5.79 Å². The van der Waals surface area contributed by atoms with E-state index in [0.717, 1.165) is 28.9 Å². The van der Waals surface area contributed by atoms with Crippen LogP contribution >= 0.6 is 11.8 Å². The zero-order valence-corrected chi connectivity index (χ0v) is 12.7. The molecule has 1 spiro atoms. The molecular weight excluding hydrogens is 300 g/mol. The maximum atomic E-state index is 10.3. The van der Waals surface area contributed by atoms with Crippen LogP contribution in [0.5, 0.6) is 11.5 Å². The molecule has 1 saturated heterocycles. The highest BCUT2D eigenvalue weighted by Gasteiger charge is 2.45. The molecule has 1 fully saturated rings. The van der Waals surface area contributed by atoms with Crippen molar-refractivity contribution in [3.8, 4) is 11.5 Å². The second-order valence-corrected chi connectivity index (χ2v) is 6.48. The van der Waals surface area contributed by atoms with E-state index in [1.165, 1.54) is 17.8 Å². The second-order valence-electron chi connectivity index (χ2n) is 5.43. The summed E-state index contributed by atoms with van der Waals surface area (Å²) < 4.78 is 12.3. The Morgan fingerprint density at radius 3 is 2.41 bits per heavy atom. The summed E-state index contributed by atoms with van der Waals surface area (Å²) in [5, 5.41) is 20.1. The molecule has 5 heteroatoms. The van der Waals surface area contributed by atoms with Crippen molar-refractivity contribution in [1.82, 2.24) is 0 Å². The predicted octanol–water partition coefficient (Wildman–Crippen LogP) is 3.59. The van der Waals surface area contributed by atoms with E-state index in [1.807, 2.05) is 24.3 Å². The SMILES string of the molecule is Oc1ccc2c(c1O)Sc1ccccc1C21OCCCCO1. The molecule has 2 aromatic carbocycles. The molecule has 2 heterocycles. The molecule has 0 amide bonds. The first kappa shape index (κ1) is 13.9. The molecule has 0 atom stereocenters. The molecule has 4 nitrogen and oxygen atoms in total. The average Bonchev–Trinajstić information content (AvgIpc) is 2.79. The minimum Gasteiger partial charge on any atom is -0.504 e. The van der Waals surface area contributed by atoms with Crippen LogP contribution in [0.3, 0.4) is 0 Å². The van der Waals surface area contributed by atoms with Gasteiger partial charge < -0.3 is 19.7 Å². The first-order valence-electron chi connectivity index (χ1n) is 7.33. The van der Waals surface area contributed by atoms with Gasteiger partial charge in [0.05, 0.1) is 18.1 Å². The standard InChI is InChI=1S/C17H16O4S/c18-13-8-7-12-16(15(13)19)22-14-6-2-1-5-11(14)17(12)20-9-3-4-10-21-17/h1-2,5-8,18-19H,3-4,9-10H2. The van der Waals surface area contributed by atoms with Gasteiger partial charge in [0.2, 0.25) is 5.79 Å². The lowest BCUT2D eigenvalue weighted by atomic mass is 9.95. The highest BCUT2D eigenvalue weighted by molar-refractivity contribution is 7.99. The summed E-state index contributed by atoms with van der Waals surface area (Å²) in [6.45, 7) is 1.19. The Labute approximate surface area is 132 Å². The molecule has 0 aromatic heterocycles. The van der Waals surface area contributed by atoms with Crippen LogP contribution in [0.15, 0.2) is 46.2 Å². The number of phenolic OH excluding ortho intramolecular Hbond substituents is 2. The fraction of sp³-hybridized carbons (Fsp3) is 0.294. The highest BCUT2D eigenvalue weighted by atomic mass is 32.2. The fourth-order valence-electron chi connectivity index (χ4n) is 2.99. The maximum absolute atomic E-state index is 10.3. The Bertz CT molecular complexity index is 721. The number of phenols is 2. The third kappa shape index (κ3) is 1.93. The van der Waals surface area contributed by atoms with Crippen molar-refractivity contribution in [2.24, 2.45) is 0 Å². The third-order valence-corrected chi connectivity index (χ3v) is 5.26. The van der Waals surface area contributed by atoms with Gasteiger partial charge in [0, 0.05) is 16.0 Å². The first-order valence-corrected chi connectivity index (χ1v) is 8.15. The summed E-state index contributed by atoms with van der Waals surface area (Å²) in [4.78, 5) is 1.57. The van der Waals surface area contributed by atoms with Crippen molar-refractivity contribution in [2.45, 2.75) is 28.4 Å². The quantitative estimate of drug-likeness (QED) is 0.727. The second kappa shape index (κ2) is 5.19. The Morgan fingerprint density at radius 1 is 0.909 bits per heavy atom. The number of aromatic hydroxyl groups is 2. The molecule has 4 rings (SSSR count). The van der Waals surface area contributed by atoms with Crippen LogP contribution in [-0.2, 0) is 15.3 Å². The molecule has 0 saturated carbocycles. The predicted molar refractivity (Wildman–Crippen MR) is 82.3 cm³/mol. The van der Waals surface area contributed by atoms with E-state index in [-0.39, 0.29) is 11.5 Å². The number of hydrogen-bond acceptors (Lipinski definition) is 5. The van der Waals surface area contributed by atoms with Gasteiger partial charge in [-0.15, -0.1) is 0 Å². The van der Waals surface area contributed by atoms with Crippen molar-refractivity contribution < 1.29 is 19.7 Å². The van der Waals surface area contributed by atoms with Crippen LogP contribution < -0.4 is 0 Å². The Kier molecular flexibility index (Phi) is 3.29. The summed E-state index contributed by atoms with van der Waals surface area (Å²) in [6.07, 6.45) is 1.88. The minimum atomic E-state index is -1.00. The molecular formula is C17H16O4S. The molecule has 114 valence electrons. The topological polar surface area (TPSA) is 58.9 Å². The molecule has 0 bridgehead atoms. The van der Waals surface area contributed by atoms with E-state index >= 15 is 0 Å². The fourth-order valence-corrected chi connectivity index (χ4v) is 4.19. The lowest BCUT2D eigenvalue weighted by molar-refractivity contribution is -0.208. The van der Waals surface area contributed by atoms with E-state index in [1.54, 1.807) is 6.07 Å². The van der Waals surface area contributed by atoms with Crippen molar-refractivity contribution in [2.75, 3.05) is 13.2 Å². The van der Waals surface area contributed by atoms with Gasteiger partial charge in [-0.05, 0) is 31.0 Å². The van der Waals surface area contributed by atoms with E-state index in [0.29, 0.717) is 18.1 Å². The van der Waals surface area contributed by atoms with E-state index in [9.17, 15) is 10.2 Å². The molecule has 2 aromatic rings. The summed E-state index contributed by atoms with van der Waals surface area (Å²) in [5.41, 5.74) is 1.72. The van der Waals surface area contributed by atoms with Gasteiger partial charge in [-0.3, -0.25) is 0 Å². The number of hydrogen-bond donors (Lipinski definition) is 2. The lowest BCUT2D eigenvalue weighted by Gasteiger charge is -2.38. The average molecular weight is 316 g/mol. The van der Waals surface area contributed by atoms with Gasteiger partial charge in [0.15, 0.2) is 11.5 Å². The molecule has 0 radical (unpaired) electrons. The first-order chi connectivity index (χ1) is 10.7. The monoisotopic (exact) mass is 316 g/mol. The van der Waals surface area contributed by atoms with Crippen LogP contribution in [0.25, 0.3) is 0 Å². The van der Waals surface area contributed by atoms with Crippen LogP contribution in [0.2, 0.25) is 0 Å². The third-order valence-electron chi connectivity index (χ3n) is 4.07. The van der Waals surface area contributed by atoms with Crippen LogP contribution in [0.4, 0.5) is 0 Å². The highest BCUT2D eigenvalue weighted by Crippen LogP contribution is 2.55. The van der Waals surface area contributed by atoms with Crippen molar-refractivity contribution >= 4 is 11.8 Å². The molecule has 2 aliphatic rings. The summed E-state index contributed by atoms with van der Waals surface area (Å²) >= 11 is 1.43. The van der Waals surface area contributed by atoms with Gasteiger partial charge in [-0.25, -0.2) is 0 Å². The summed E-state index contributed by atoms with van der Waals surface area (Å²) in [6, 6.07) is 11.2. The van der Waals surface area contributed by atoms with Gasteiger partial charge >= 0.3 is 0 Å². The van der Waals surface area contributed by atoms with Gasteiger partial charge in [0.25, 0.3) is 0 Å². The van der Waals surface area contributed by atoms with Crippen molar-refractivity contribution in [3.05, 3.63) is 47.5 Å². The normalized spacial score (nSPS) is 19.3. The van der Waals surface area contributed by atoms with Crippen LogP contribution in [-0.4, -0.2) is 23.4 Å². The summed E-state index contributed by atoms with van der Waals surface area (Å²) in [7, 11) is 0. The minimum absolute atomic E-state index is 0.118. The van der Waals surface area contributed by atoms with Gasteiger partial charge in [-0.1, -0.05) is 30.0 Å². The Morgan fingerprint density at radius 2 is 1.64 bits per heavy atom. The number of rotatable bonds is 0.